The van der Waals surface area contributed by atoms with Crippen LogP contribution in [-0.4, -0.2) is 10.2 Å². The van der Waals surface area contributed by atoms with Crippen LogP contribution in [-0.2, 0) is 0 Å². The summed E-state index contributed by atoms with van der Waals surface area (Å²) in [5.41, 5.74) is -1.71. The van der Waals surface area contributed by atoms with E-state index in [0.29, 0.717) is 0 Å². The molecule has 0 aromatic carbocycles. The van der Waals surface area contributed by atoms with Crippen molar-refractivity contribution in [1.29, 1.82) is 0 Å². The fourth-order valence-corrected chi connectivity index (χ4v) is 1.40. The summed E-state index contributed by atoms with van der Waals surface area (Å²) >= 11 is 7.63. The fraction of sp³-hybridized carbons (Fsp3) is 0.143. The molecule has 1 rings (SSSR count). The van der Waals surface area contributed by atoms with Crippen molar-refractivity contribution in [3.05, 3.63) is 27.7 Å². The van der Waals surface area contributed by atoms with Gasteiger partial charge in [0.05, 0.1) is 5.56 Å². The summed E-state index contributed by atoms with van der Waals surface area (Å²) < 4.78 is 37.5. The van der Waals surface area contributed by atoms with E-state index >= 15 is 0 Å². The van der Waals surface area contributed by atoms with E-state index < -0.39 is 28.7 Å². The Balaban J connectivity index is 3.41. The van der Waals surface area contributed by atoms with Crippen LogP contribution < -0.4 is 0 Å². The van der Waals surface area contributed by atoms with E-state index in [4.69, 9.17) is 11.6 Å². The second-order valence-corrected chi connectivity index (χ2v) is 3.45. The summed E-state index contributed by atoms with van der Waals surface area (Å²) in [6.07, 6.45) is -2.14. The number of carbonyl (C=O) groups excluding carboxylic acids is 1. The number of aromatic nitrogens is 1. The van der Waals surface area contributed by atoms with Crippen LogP contribution >= 0.6 is 27.5 Å². The molecule has 0 radical (unpaired) electrons. The zero-order valence-corrected chi connectivity index (χ0v) is 8.74. The Kier molecular flexibility index (Phi) is 3.49. The minimum atomic E-state index is -3.04. The molecular weight excluding hydrogens is 286 g/mol. The fourth-order valence-electron chi connectivity index (χ4n) is 0.817. The van der Waals surface area contributed by atoms with Crippen LogP contribution in [0.4, 0.5) is 13.2 Å². The molecule has 0 saturated heterocycles. The summed E-state index contributed by atoms with van der Waals surface area (Å²) in [5.74, 6) is -1.39. The predicted octanol–water partition coefficient (Wildman–Crippen LogP) is 3.30. The van der Waals surface area contributed by atoms with Gasteiger partial charge in [0.15, 0.2) is 11.5 Å². The number of carbonyl (C=O) groups is 1. The standard InChI is InChI=1S/C7H2BrClF3NO/c8-2-1-13-5(6(9)14)4(10)3(2)7(11)12/h1,7H. The molecule has 0 amide bonds. The minimum absolute atomic E-state index is 0.202. The van der Waals surface area contributed by atoms with Crippen LogP contribution in [0.5, 0.6) is 0 Å². The summed E-state index contributed by atoms with van der Waals surface area (Å²) in [7, 11) is 0. The van der Waals surface area contributed by atoms with Crippen molar-refractivity contribution >= 4 is 32.8 Å². The van der Waals surface area contributed by atoms with Crippen molar-refractivity contribution in [3.8, 4) is 0 Å². The van der Waals surface area contributed by atoms with Gasteiger partial charge >= 0.3 is 0 Å². The average Bonchev–Trinajstić information content (AvgIpc) is 2.02. The van der Waals surface area contributed by atoms with Crippen molar-refractivity contribution in [3.63, 3.8) is 0 Å². The summed E-state index contributed by atoms with van der Waals surface area (Å²) in [6, 6.07) is 0. The number of pyridine rings is 1. The van der Waals surface area contributed by atoms with Crippen LogP contribution in [0.25, 0.3) is 0 Å². The van der Waals surface area contributed by atoms with E-state index in [0.717, 1.165) is 6.20 Å². The molecule has 0 atom stereocenters. The average molecular weight is 288 g/mol. The van der Waals surface area contributed by atoms with Crippen LogP contribution in [0.3, 0.4) is 0 Å². The molecule has 1 aromatic rings. The first-order valence-corrected chi connectivity index (χ1v) is 4.44. The Bertz CT molecular complexity index is 385. The van der Waals surface area contributed by atoms with Crippen molar-refractivity contribution in [2.45, 2.75) is 6.43 Å². The normalized spacial score (nSPS) is 10.7. The highest BCUT2D eigenvalue weighted by atomic mass is 79.9. The zero-order valence-electron chi connectivity index (χ0n) is 6.40. The lowest BCUT2D eigenvalue weighted by Crippen LogP contribution is -2.04. The SMILES string of the molecule is O=C(Cl)c1ncc(Br)c(C(F)F)c1F. The molecule has 1 heterocycles. The maximum absolute atomic E-state index is 13.2. The lowest BCUT2D eigenvalue weighted by molar-refractivity contribution is 0.107. The Morgan fingerprint density at radius 3 is 2.57 bits per heavy atom. The molecule has 2 nitrogen and oxygen atoms in total. The molecule has 0 saturated carbocycles. The monoisotopic (exact) mass is 287 g/mol. The van der Waals surface area contributed by atoms with Gasteiger partial charge in [-0.2, -0.15) is 0 Å². The highest BCUT2D eigenvalue weighted by Crippen LogP contribution is 2.30. The summed E-state index contributed by atoms with van der Waals surface area (Å²) in [5, 5.41) is -1.21. The Labute approximate surface area is 90.2 Å². The van der Waals surface area contributed by atoms with Gasteiger partial charge in [-0.05, 0) is 27.5 Å². The number of hydrogen-bond donors (Lipinski definition) is 0. The lowest BCUT2D eigenvalue weighted by atomic mass is 10.2. The second-order valence-electron chi connectivity index (χ2n) is 2.26. The van der Waals surface area contributed by atoms with E-state index in [2.05, 4.69) is 20.9 Å². The highest BCUT2D eigenvalue weighted by Gasteiger charge is 2.23. The van der Waals surface area contributed by atoms with Gasteiger partial charge in [-0.3, -0.25) is 4.79 Å². The number of halogens is 5. The van der Waals surface area contributed by atoms with Crippen molar-refractivity contribution < 1.29 is 18.0 Å². The van der Waals surface area contributed by atoms with Crippen molar-refractivity contribution in [2.75, 3.05) is 0 Å². The quantitative estimate of drug-likeness (QED) is 0.782. The molecule has 0 aliphatic rings. The van der Waals surface area contributed by atoms with Crippen molar-refractivity contribution in [1.82, 2.24) is 4.98 Å². The summed E-state index contributed by atoms with van der Waals surface area (Å²) in [6.45, 7) is 0. The van der Waals surface area contributed by atoms with Crippen LogP contribution in [0.15, 0.2) is 10.7 Å². The maximum atomic E-state index is 13.2. The van der Waals surface area contributed by atoms with Gasteiger partial charge in [0.2, 0.25) is 0 Å². The highest BCUT2D eigenvalue weighted by molar-refractivity contribution is 9.10. The maximum Gasteiger partial charge on any atom is 0.273 e. The van der Waals surface area contributed by atoms with Crippen LogP contribution in [0.1, 0.15) is 22.5 Å². The van der Waals surface area contributed by atoms with E-state index in [1.165, 1.54) is 0 Å². The number of alkyl halides is 2. The van der Waals surface area contributed by atoms with E-state index in [1.807, 2.05) is 0 Å². The van der Waals surface area contributed by atoms with Crippen LogP contribution in [0, 0.1) is 5.82 Å². The molecule has 76 valence electrons. The Hall–Kier alpha value is -0.620. The topological polar surface area (TPSA) is 30.0 Å². The molecule has 0 spiro atoms. The molecule has 0 fully saturated rings. The van der Waals surface area contributed by atoms with Crippen molar-refractivity contribution in [2.24, 2.45) is 0 Å². The molecule has 0 unspecified atom stereocenters. The second kappa shape index (κ2) is 4.27. The third kappa shape index (κ3) is 2.06. The first-order valence-electron chi connectivity index (χ1n) is 3.27. The molecule has 1 aromatic heterocycles. The Morgan fingerprint density at radius 1 is 1.57 bits per heavy atom. The van der Waals surface area contributed by atoms with Gasteiger partial charge in [-0.25, -0.2) is 18.2 Å². The van der Waals surface area contributed by atoms with E-state index in [-0.39, 0.29) is 4.47 Å². The first-order chi connectivity index (χ1) is 6.45. The Morgan fingerprint density at radius 2 is 2.14 bits per heavy atom. The van der Waals surface area contributed by atoms with Gasteiger partial charge < -0.3 is 0 Å². The first kappa shape index (κ1) is 11.5. The van der Waals surface area contributed by atoms with Crippen LogP contribution in [0.2, 0.25) is 0 Å². The smallest absolute Gasteiger partial charge is 0.273 e. The molecular formula is C7H2BrClF3NO. The largest absolute Gasteiger partial charge is 0.274 e. The molecule has 0 aliphatic carbocycles. The zero-order chi connectivity index (χ0) is 10.9. The molecule has 0 N–H and O–H groups in total. The lowest BCUT2D eigenvalue weighted by Gasteiger charge is -2.05. The summed E-state index contributed by atoms with van der Waals surface area (Å²) in [4.78, 5) is 13.8. The van der Waals surface area contributed by atoms with Gasteiger partial charge in [-0.1, -0.05) is 0 Å². The molecule has 0 bridgehead atoms. The minimum Gasteiger partial charge on any atom is -0.274 e. The number of nitrogens with zero attached hydrogens (tertiary/aromatic N) is 1. The van der Waals surface area contributed by atoms with Gasteiger partial charge in [0, 0.05) is 10.7 Å². The van der Waals surface area contributed by atoms with E-state index in [9.17, 15) is 18.0 Å². The molecule has 14 heavy (non-hydrogen) atoms. The predicted molar refractivity (Wildman–Crippen MR) is 47.0 cm³/mol. The number of rotatable bonds is 2. The van der Waals surface area contributed by atoms with Gasteiger partial charge in [-0.15, -0.1) is 0 Å². The molecule has 7 heteroatoms. The third-order valence-electron chi connectivity index (χ3n) is 1.41. The van der Waals surface area contributed by atoms with E-state index in [1.54, 1.807) is 0 Å². The van der Waals surface area contributed by atoms with Gasteiger partial charge in [0.1, 0.15) is 0 Å². The molecule has 0 aliphatic heterocycles. The number of hydrogen-bond acceptors (Lipinski definition) is 2. The van der Waals surface area contributed by atoms with Gasteiger partial charge in [0.25, 0.3) is 11.7 Å². The third-order valence-corrected chi connectivity index (χ3v) is 2.22.